The van der Waals surface area contributed by atoms with Crippen LogP contribution in [0.1, 0.15) is 25.3 Å². The Kier molecular flexibility index (Phi) is 5.56. The summed E-state index contributed by atoms with van der Waals surface area (Å²) in [6, 6.07) is 0. The van der Waals surface area contributed by atoms with Crippen LogP contribution in [0.4, 0.5) is 11.6 Å². The predicted molar refractivity (Wildman–Crippen MR) is 65.4 cm³/mol. The number of unbranched alkanes of at least 4 members (excludes halogenated alkanes) is 1. The van der Waals surface area contributed by atoms with Crippen molar-refractivity contribution in [2.24, 2.45) is 0 Å². The summed E-state index contributed by atoms with van der Waals surface area (Å²) >= 11 is 0. The molecule has 0 unspecified atom stereocenters. The smallest absolute Gasteiger partial charge is 0.134 e. The Morgan fingerprint density at radius 2 is 2.19 bits per heavy atom. The van der Waals surface area contributed by atoms with E-state index in [0.717, 1.165) is 37.4 Å². The summed E-state index contributed by atoms with van der Waals surface area (Å²) in [5, 5.41) is 3.17. The van der Waals surface area contributed by atoms with Crippen molar-refractivity contribution in [1.29, 1.82) is 0 Å². The molecule has 16 heavy (non-hydrogen) atoms. The fraction of sp³-hybridized carbons (Fsp3) is 0.636. The molecule has 0 fully saturated rings. The van der Waals surface area contributed by atoms with Gasteiger partial charge in [0.2, 0.25) is 0 Å². The second kappa shape index (κ2) is 7.00. The Morgan fingerprint density at radius 1 is 1.38 bits per heavy atom. The van der Waals surface area contributed by atoms with E-state index < -0.39 is 0 Å². The Labute approximate surface area is 96.4 Å². The first kappa shape index (κ1) is 12.7. The maximum absolute atomic E-state index is 5.67. The third-order valence-electron chi connectivity index (χ3n) is 2.30. The standard InChI is InChI=1S/C11H20N4O/c1-3-4-6-16-7-5-13-11-9(2)10(12)14-8-15-11/h8H,3-7H2,1-2H3,(H3,12,13,14,15). The van der Waals surface area contributed by atoms with Crippen molar-refractivity contribution < 1.29 is 4.74 Å². The van der Waals surface area contributed by atoms with Crippen molar-refractivity contribution >= 4 is 11.6 Å². The van der Waals surface area contributed by atoms with Crippen molar-refractivity contribution in [2.45, 2.75) is 26.7 Å². The van der Waals surface area contributed by atoms with Crippen LogP contribution in [0.3, 0.4) is 0 Å². The molecule has 1 aromatic rings. The Balaban J connectivity index is 2.24. The first-order valence-electron chi connectivity index (χ1n) is 5.64. The maximum atomic E-state index is 5.67. The number of anilines is 2. The lowest BCUT2D eigenvalue weighted by Gasteiger charge is -2.09. The summed E-state index contributed by atoms with van der Waals surface area (Å²) in [7, 11) is 0. The van der Waals surface area contributed by atoms with Crippen LogP contribution in [0.15, 0.2) is 6.33 Å². The van der Waals surface area contributed by atoms with Crippen molar-refractivity contribution in [3.63, 3.8) is 0 Å². The van der Waals surface area contributed by atoms with Gasteiger partial charge < -0.3 is 15.8 Å². The van der Waals surface area contributed by atoms with Gasteiger partial charge in [-0.05, 0) is 13.3 Å². The third kappa shape index (κ3) is 4.02. The highest BCUT2D eigenvalue weighted by Gasteiger charge is 2.02. The van der Waals surface area contributed by atoms with Gasteiger partial charge in [0.25, 0.3) is 0 Å². The molecule has 5 nitrogen and oxygen atoms in total. The summed E-state index contributed by atoms with van der Waals surface area (Å²) in [6.07, 6.45) is 3.73. The Bertz CT molecular complexity index is 317. The summed E-state index contributed by atoms with van der Waals surface area (Å²) in [6.45, 7) is 6.29. The van der Waals surface area contributed by atoms with Gasteiger partial charge >= 0.3 is 0 Å². The molecule has 0 saturated heterocycles. The first-order valence-corrected chi connectivity index (χ1v) is 5.64. The van der Waals surface area contributed by atoms with Gasteiger partial charge in [0.15, 0.2) is 0 Å². The van der Waals surface area contributed by atoms with E-state index in [1.807, 2.05) is 6.92 Å². The predicted octanol–water partition coefficient (Wildman–Crippen LogP) is 1.60. The van der Waals surface area contributed by atoms with Gasteiger partial charge in [-0.2, -0.15) is 0 Å². The van der Waals surface area contributed by atoms with E-state index >= 15 is 0 Å². The fourth-order valence-corrected chi connectivity index (χ4v) is 1.23. The minimum atomic E-state index is 0.518. The van der Waals surface area contributed by atoms with Crippen LogP contribution >= 0.6 is 0 Å². The zero-order valence-corrected chi connectivity index (χ0v) is 9.99. The van der Waals surface area contributed by atoms with Crippen molar-refractivity contribution in [3.05, 3.63) is 11.9 Å². The molecule has 0 saturated carbocycles. The molecule has 5 heteroatoms. The first-order chi connectivity index (χ1) is 7.75. The molecular weight excluding hydrogens is 204 g/mol. The molecule has 1 rings (SSSR count). The minimum Gasteiger partial charge on any atom is -0.383 e. The van der Waals surface area contributed by atoms with Crippen LogP contribution in [-0.4, -0.2) is 29.7 Å². The van der Waals surface area contributed by atoms with E-state index in [1.165, 1.54) is 6.33 Å². The molecule has 0 aliphatic heterocycles. The van der Waals surface area contributed by atoms with E-state index in [-0.39, 0.29) is 0 Å². The van der Waals surface area contributed by atoms with Crippen LogP contribution in [0, 0.1) is 6.92 Å². The highest BCUT2D eigenvalue weighted by Crippen LogP contribution is 2.14. The average molecular weight is 224 g/mol. The molecule has 0 aliphatic carbocycles. The van der Waals surface area contributed by atoms with Gasteiger partial charge in [-0.3, -0.25) is 0 Å². The average Bonchev–Trinajstić information content (AvgIpc) is 2.29. The molecule has 0 radical (unpaired) electrons. The lowest BCUT2D eigenvalue weighted by atomic mass is 10.3. The van der Waals surface area contributed by atoms with Crippen molar-refractivity contribution in [2.75, 3.05) is 30.8 Å². The summed E-state index contributed by atoms with van der Waals surface area (Å²) in [5.41, 5.74) is 6.55. The maximum Gasteiger partial charge on any atom is 0.134 e. The molecule has 0 bridgehead atoms. The molecular formula is C11H20N4O. The fourth-order valence-electron chi connectivity index (χ4n) is 1.23. The molecule has 1 aromatic heterocycles. The number of hydrogen-bond donors (Lipinski definition) is 2. The van der Waals surface area contributed by atoms with Gasteiger partial charge in [0.05, 0.1) is 6.61 Å². The summed E-state index contributed by atoms with van der Waals surface area (Å²) < 4.78 is 5.43. The van der Waals surface area contributed by atoms with Crippen LogP contribution < -0.4 is 11.1 Å². The molecule has 0 aromatic carbocycles. The lowest BCUT2D eigenvalue weighted by molar-refractivity contribution is 0.141. The van der Waals surface area contributed by atoms with E-state index in [4.69, 9.17) is 10.5 Å². The largest absolute Gasteiger partial charge is 0.383 e. The zero-order valence-electron chi connectivity index (χ0n) is 9.99. The number of nitrogen functional groups attached to an aromatic ring is 1. The normalized spacial score (nSPS) is 10.4. The minimum absolute atomic E-state index is 0.518. The van der Waals surface area contributed by atoms with Gasteiger partial charge in [0, 0.05) is 18.7 Å². The van der Waals surface area contributed by atoms with E-state index in [0.29, 0.717) is 12.4 Å². The lowest BCUT2D eigenvalue weighted by Crippen LogP contribution is -2.12. The number of rotatable bonds is 7. The van der Waals surface area contributed by atoms with Crippen LogP contribution in [0.25, 0.3) is 0 Å². The number of nitrogens with two attached hydrogens (primary N) is 1. The second-order valence-corrected chi connectivity index (χ2v) is 3.63. The quantitative estimate of drug-likeness (QED) is 0.688. The number of aromatic nitrogens is 2. The Hall–Kier alpha value is -1.36. The van der Waals surface area contributed by atoms with Gasteiger partial charge in [0.1, 0.15) is 18.0 Å². The topological polar surface area (TPSA) is 73.1 Å². The van der Waals surface area contributed by atoms with Gasteiger partial charge in [-0.25, -0.2) is 9.97 Å². The van der Waals surface area contributed by atoms with Gasteiger partial charge in [-0.15, -0.1) is 0 Å². The zero-order chi connectivity index (χ0) is 11.8. The third-order valence-corrected chi connectivity index (χ3v) is 2.30. The molecule has 3 N–H and O–H groups in total. The number of nitrogens with one attached hydrogen (secondary N) is 1. The number of nitrogens with zero attached hydrogens (tertiary/aromatic N) is 2. The number of hydrogen-bond acceptors (Lipinski definition) is 5. The SMILES string of the molecule is CCCCOCCNc1ncnc(N)c1C. The summed E-state index contributed by atoms with van der Waals surface area (Å²) in [4.78, 5) is 8.02. The number of ether oxygens (including phenoxy) is 1. The highest BCUT2D eigenvalue weighted by molar-refractivity contribution is 5.53. The molecule has 0 amide bonds. The molecule has 1 heterocycles. The highest BCUT2D eigenvalue weighted by atomic mass is 16.5. The van der Waals surface area contributed by atoms with E-state index in [9.17, 15) is 0 Å². The van der Waals surface area contributed by atoms with E-state index in [1.54, 1.807) is 0 Å². The monoisotopic (exact) mass is 224 g/mol. The van der Waals surface area contributed by atoms with Crippen LogP contribution in [-0.2, 0) is 4.74 Å². The van der Waals surface area contributed by atoms with Crippen LogP contribution in [0.2, 0.25) is 0 Å². The van der Waals surface area contributed by atoms with Crippen molar-refractivity contribution in [3.8, 4) is 0 Å². The van der Waals surface area contributed by atoms with Crippen LogP contribution in [0.5, 0.6) is 0 Å². The van der Waals surface area contributed by atoms with Crippen molar-refractivity contribution in [1.82, 2.24) is 9.97 Å². The molecule has 0 aliphatic rings. The van der Waals surface area contributed by atoms with E-state index in [2.05, 4.69) is 22.2 Å². The Morgan fingerprint density at radius 3 is 2.94 bits per heavy atom. The second-order valence-electron chi connectivity index (χ2n) is 3.63. The summed E-state index contributed by atoms with van der Waals surface area (Å²) in [5.74, 6) is 1.30. The molecule has 90 valence electrons. The molecule has 0 atom stereocenters. The van der Waals surface area contributed by atoms with Gasteiger partial charge in [-0.1, -0.05) is 13.3 Å². The molecule has 0 spiro atoms.